The van der Waals surface area contributed by atoms with Crippen LogP contribution in [0.4, 0.5) is 5.69 Å². The zero-order valence-electron chi connectivity index (χ0n) is 20.7. The maximum absolute atomic E-state index is 13.3. The Kier molecular flexibility index (Phi) is 6.96. The molecule has 1 amide bonds. The molecule has 1 atom stereocenters. The van der Waals surface area contributed by atoms with Crippen molar-refractivity contribution in [2.45, 2.75) is 46.5 Å². The number of Topliss-reactive ketones (excluding diaryl/α,β-unsaturated/α-hetero) is 1. The first-order valence-corrected chi connectivity index (χ1v) is 12.4. The van der Waals surface area contributed by atoms with Gasteiger partial charge in [0.1, 0.15) is 23.2 Å². The van der Waals surface area contributed by atoms with Gasteiger partial charge < -0.3 is 20.5 Å². The van der Waals surface area contributed by atoms with Crippen molar-refractivity contribution < 1.29 is 19.1 Å². The number of anilines is 1. The summed E-state index contributed by atoms with van der Waals surface area (Å²) in [4.78, 5) is 26.0. The third-order valence-electron chi connectivity index (χ3n) is 6.38. The SMILES string of the molecule is Cc1ccc(C)c(NC(=O)COc2ccc(Br)cc2C2C(C#N)=C(N)OC3=C2C(=O)CC(C)(C)C3)c1. The van der Waals surface area contributed by atoms with E-state index < -0.39 is 5.92 Å². The summed E-state index contributed by atoms with van der Waals surface area (Å²) in [5.74, 6) is -0.328. The number of carbonyl (C=O) groups excluding carboxylic acids is 2. The van der Waals surface area contributed by atoms with Gasteiger partial charge in [0.25, 0.3) is 5.91 Å². The van der Waals surface area contributed by atoms with Crippen LogP contribution in [0.2, 0.25) is 0 Å². The third-order valence-corrected chi connectivity index (χ3v) is 6.88. The average Bonchev–Trinajstić information content (AvgIpc) is 2.79. The highest BCUT2D eigenvalue weighted by atomic mass is 79.9. The predicted molar refractivity (Wildman–Crippen MR) is 140 cm³/mol. The molecule has 0 radical (unpaired) electrons. The Morgan fingerprint density at radius 1 is 1.25 bits per heavy atom. The van der Waals surface area contributed by atoms with E-state index in [0.717, 1.165) is 21.3 Å². The number of amides is 1. The molecule has 1 aliphatic carbocycles. The number of carbonyl (C=O) groups is 2. The standard InChI is InChI=1S/C28H28BrN3O4/c1-15-5-6-16(2)20(9-15)32-24(34)14-35-22-8-7-17(29)10-18(22)25-19(13-30)27(31)36-23-12-28(3,4)11-21(33)26(23)25/h5-10,25H,11-12,14,31H2,1-4H3,(H,32,34). The number of hydrogen-bond donors (Lipinski definition) is 2. The smallest absolute Gasteiger partial charge is 0.262 e. The van der Waals surface area contributed by atoms with E-state index in [0.29, 0.717) is 35.5 Å². The van der Waals surface area contributed by atoms with Crippen molar-refractivity contribution in [3.05, 3.63) is 80.3 Å². The van der Waals surface area contributed by atoms with Gasteiger partial charge in [0.15, 0.2) is 12.4 Å². The number of halogens is 1. The van der Waals surface area contributed by atoms with Gasteiger partial charge in [-0.15, -0.1) is 0 Å². The number of nitrogens with zero attached hydrogens (tertiary/aromatic N) is 1. The number of rotatable bonds is 5. The molecule has 1 aliphatic heterocycles. The van der Waals surface area contributed by atoms with Crippen LogP contribution >= 0.6 is 15.9 Å². The minimum Gasteiger partial charge on any atom is -0.483 e. The van der Waals surface area contributed by atoms with Crippen molar-refractivity contribution in [2.24, 2.45) is 11.1 Å². The summed E-state index contributed by atoms with van der Waals surface area (Å²) in [6.07, 6.45) is 0.846. The number of benzene rings is 2. The van der Waals surface area contributed by atoms with Crippen LogP contribution in [-0.2, 0) is 14.3 Å². The number of nitriles is 1. The molecule has 1 unspecified atom stereocenters. The molecule has 0 fully saturated rings. The molecule has 3 N–H and O–H groups in total. The summed E-state index contributed by atoms with van der Waals surface area (Å²) in [7, 11) is 0. The van der Waals surface area contributed by atoms with Crippen LogP contribution in [0.1, 0.15) is 49.3 Å². The zero-order valence-corrected chi connectivity index (χ0v) is 22.3. The first-order chi connectivity index (χ1) is 17.0. The molecule has 1 heterocycles. The molecule has 2 aromatic rings. The number of aryl methyl sites for hydroxylation is 2. The topological polar surface area (TPSA) is 114 Å². The predicted octanol–water partition coefficient (Wildman–Crippen LogP) is 5.53. The monoisotopic (exact) mass is 549 g/mol. The lowest BCUT2D eigenvalue weighted by Crippen LogP contribution is -2.33. The van der Waals surface area contributed by atoms with E-state index in [1.54, 1.807) is 18.2 Å². The van der Waals surface area contributed by atoms with Crippen LogP contribution in [0.15, 0.2) is 63.7 Å². The molecule has 7 nitrogen and oxygen atoms in total. The van der Waals surface area contributed by atoms with Crippen LogP contribution in [0.5, 0.6) is 5.75 Å². The molecular formula is C28H28BrN3O4. The van der Waals surface area contributed by atoms with Crippen molar-refractivity contribution in [3.63, 3.8) is 0 Å². The number of ether oxygens (including phenoxy) is 2. The summed E-state index contributed by atoms with van der Waals surface area (Å²) in [5.41, 5.74) is 9.69. The highest BCUT2D eigenvalue weighted by molar-refractivity contribution is 9.10. The summed E-state index contributed by atoms with van der Waals surface area (Å²) < 4.78 is 12.5. The Bertz CT molecular complexity index is 1370. The van der Waals surface area contributed by atoms with Crippen LogP contribution in [-0.4, -0.2) is 18.3 Å². The summed E-state index contributed by atoms with van der Waals surface area (Å²) in [5, 5.41) is 12.8. The maximum atomic E-state index is 13.3. The van der Waals surface area contributed by atoms with Gasteiger partial charge in [0.2, 0.25) is 5.88 Å². The van der Waals surface area contributed by atoms with Crippen LogP contribution < -0.4 is 15.8 Å². The van der Waals surface area contributed by atoms with Crippen molar-refractivity contribution in [3.8, 4) is 11.8 Å². The molecule has 0 spiro atoms. The highest BCUT2D eigenvalue weighted by Crippen LogP contribution is 2.49. The van der Waals surface area contributed by atoms with Gasteiger partial charge in [-0.3, -0.25) is 9.59 Å². The molecule has 4 rings (SSSR count). The summed E-state index contributed by atoms with van der Waals surface area (Å²) in [6.45, 7) is 7.61. The number of hydrogen-bond acceptors (Lipinski definition) is 6. The average molecular weight is 550 g/mol. The number of nitrogens with two attached hydrogens (primary N) is 1. The Morgan fingerprint density at radius 3 is 2.72 bits per heavy atom. The summed E-state index contributed by atoms with van der Waals surface area (Å²) >= 11 is 3.48. The second kappa shape index (κ2) is 9.82. The fourth-order valence-corrected chi connectivity index (χ4v) is 5.05. The van der Waals surface area contributed by atoms with E-state index in [9.17, 15) is 14.9 Å². The molecule has 0 bridgehead atoms. The van der Waals surface area contributed by atoms with Gasteiger partial charge in [0, 0.05) is 34.1 Å². The van der Waals surface area contributed by atoms with Crippen LogP contribution in [0.25, 0.3) is 0 Å². The van der Waals surface area contributed by atoms with Crippen LogP contribution in [0.3, 0.4) is 0 Å². The van der Waals surface area contributed by atoms with E-state index in [2.05, 4.69) is 27.3 Å². The van der Waals surface area contributed by atoms with Crippen molar-refractivity contribution in [1.82, 2.24) is 0 Å². The molecule has 2 aromatic carbocycles. The van der Waals surface area contributed by atoms with Crippen molar-refractivity contribution in [1.29, 1.82) is 5.26 Å². The number of nitrogens with one attached hydrogen (secondary N) is 1. The minimum atomic E-state index is -0.753. The molecular weight excluding hydrogens is 522 g/mol. The van der Waals surface area contributed by atoms with Gasteiger partial charge in [-0.2, -0.15) is 5.26 Å². The second-order valence-corrected chi connectivity index (χ2v) is 11.0. The van der Waals surface area contributed by atoms with Crippen molar-refractivity contribution >= 4 is 33.3 Å². The van der Waals surface area contributed by atoms with E-state index in [4.69, 9.17) is 15.2 Å². The van der Waals surface area contributed by atoms with Gasteiger partial charge in [-0.05, 0) is 54.7 Å². The lowest BCUT2D eigenvalue weighted by atomic mass is 9.70. The van der Waals surface area contributed by atoms with Gasteiger partial charge >= 0.3 is 0 Å². The summed E-state index contributed by atoms with van der Waals surface area (Å²) in [6, 6.07) is 13.2. The molecule has 0 aromatic heterocycles. The molecule has 36 heavy (non-hydrogen) atoms. The van der Waals surface area contributed by atoms with Gasteiger partial charge in [-0.25, -0.2) is 0 Å². The van der Waals surface area contributed by atoms with Gasteiger partial charge in [0.05, 0.1) is 5.92 Å². The fraction of sp³-hybridized carbons (Fsp3) is 0.321. The Labute approximate surface area is 219 Å². The molecule has 8 heteroatoms. The lowest BCUT2D eigenvalue weighted by molar-refractivity contribution is -0.119. The van der Waals surface area contributed by atoms with E-state index in [-0.39, 0.29) is 35.2 Å². The Morgan fingerprint density at radius 2 is 2.00 bits per heavy atom. The first-order valence-electron chi connectivity index (χ1n) is 11.6. The number of ketones is 1. The van der Waals surface area contributed by atoms with E-state index in [1.165, 1.54) is 0 Å². The van der Waals surface area contributed by atoms with E-state index in [1.807, 2.05) is 45.9 Å². The quantitative estimate of drug-likeness (QED) is 0.506. The molecule has 0 saturated carbocycles. The minimum absolute atomic E-state index is 0.0228. The van der Waals surface area contributed by atoms with Crippen molar-refractivity contribution in [2.75, 3.05) is 11.9 Å². The largest absolute Gasteiger partial charge is 0.483 e. The van der Waals surface area contributed by atoms with Crippen LogP contribution in [0, 0.1) is 30.6 Å². The van der Waals surface area contributed by atoms with E-state index >= 15 is 0 Å². The second-order valence-electron chi connectivity index (χ2n) is 10.0. The molecule has 186 valence electrons. The first kappa shape index (κ1) is 25.5. The Hall–Kier alpha value is -3.57. The zero-order chi connectivity index (χ0) is 26.2. The van der Waals surface area contributed by atoms with Gasteiger partial charge in [-0.1, -0.05) is 41.9 Å². The molecule has 0 saturated heterocycles. The maximum Gasteiger partial charge on any atom is 0.262 e. The fourth-order valence-electron chi connectivity index (χ4n) is 4.67. The lowest BCUT2D eigenvalue weighted by Gasteiger charge is -2.37. The Balaban J connectivity index is 1.68. The molecule has 2 aliphatic rings. The normalized spacial score (nSPS) is 18.8. The highest BCUT2D eigenvalue weighted by Gasteiger charge is 2.43. The number of allylic oxidation sites excluding steroid dienone is 3. The third kappa shape index (κ3) is 5.17.